The van der Waals surface area contributed by atoms with E-state index in [-0.39, 0.29) is 6.61 Å². The van der Waals surface area contributed by atoms with Crippen molar-refractivity contribution >= 4 is 22.4 Å². The van der Waals surface area contributed by atoms with Crippen LogP contribution in [0, 0.1) is 5.92 Å². The fraction of sp³-hybridized carbons (Fsp3) is 0.667. The van der Waals surface area contributed by atoms with Crippen LogP contribution in [0.2, 0.25) is 0 Å². The zero-order valence-corrected chi connectivity index (χ0v) is 8.83. The van der Waals surface area contributed by atoms with Gasteiger partial charge in [0.2, 0.25) is 0 Å². The Hall–Kier alpha value is -0.810. The fourth-order valence-corrected chi connectivity index (χ4v) is 2.55. The van der Waals surface area contributed by atoms with Crippen molar-refractivity contribution in [1.82, 2.24) is 4.37 Å². The first-order chi connectivity index (χ1) is 6.79. The molecule has 2 rings (SSSR count). The first-order valence-corrected chi connectivity index (χ1v) is 5.65. The number of nitrogens with zero attached hydrogens (tertiary/aromatic N) is 2. The van der Waals surface area contributed by atoms with Gasteiger partial charge >= 0.3 is 0 Å². The van der Waals surface area contributed by atoms with Crippen LogP contribution in [-0.4, -0.2) is 29.2 Å². The largest absolute Gasteiger partial charge is 0.396 e. The Morgan fingerprint density at radius 3 is 3.21 bits per heavy atom. The molecule has 3 N–H and O–H groups in total. The number of hydrogen-bond donors (Lipinski definition) is 2. The van der Waals surface area contributed by atoms with Crippen LogP contribution in [0.15, 0.2) is 6.07 Å². The quantitative estimate of drug-likeness (QED) is 0.767. The molecule has 0 spiro atoms. The molecule has 2 heterocycles. The number of nitrogens with two attached hydrogens (primary N) is 1. The number of hydrogen-bond acceptors (Lipinski definition) is 5. The van der Waals surface area contributed by atoms with Gasteiger partial charge in [-0.1, -0.05) is 0 Å². The van der Waals surface area contributed by atoms with Crippen molar-refractivity contribution in [3.63, 3.8) is 0 Å². The van der Waals surface area contributed by atoms with Crippen LogP contribution in [0.1, 0.15) is 12.8 Å². The molecule has 1 unspecified atom stereocenters. The number of piperidine rings is 1. The number of anilines is 2. The highest BCUT2D eigenvalue weighted by molar-refractivity contribution is 7.10. The molecule has 1 atom stereocenters. The van der Waals surface area contributed by atoms with Crippen LogP contribution in [0.5, 0.6) is 0 Å². The summed E-state index contributed by atoms with van der Waals surface area (Å²) in [6, 6.07) is 1.91. The third kappa shape index (κ3) is 1.99. The minimum absolute atomic E-state index is 0.283. The van der Waals surface area contributed by atoms with Gasteiger partial charge in [0.25, 0.3) is 0 Å². The van der Waals surface area contributed by atoms with E-state index in [1.165, 1.54) is 11.5 Å². The predicted molar refractivity (Wildman–Crippen MR) is 58.5 cm³/mol. The van der Waals surface area contributed by atoms with Crippen molar-refractivity contribution in [3.8, 4) is 0 Å². The van der Waals surface area contributed by atoms with Gasteiger partial charge in [0, 0.05) is 25.8 Å². The second-order valence-corrected chi connectivity index (χ2v) is 4.51. The fourth-order valence-electron chi connectivity index (χ4n) is 1.84. The standard InChI is InChI=1S/C9H15N3OS/c10-8-4-9(14-11-8)12-3-1-2-7(5-12)6-13/h4,7,13H,1-3,5-6H2,(H2,10,11). The van der Waals surface area contributed by atoms with E-state index in [2.05, 4.69) is 9.27 Å². The van der Waals surface area contributed by atoms with Gasteiger partial charge in [0.1, 0.15) is 10.8 Å². The maximum Gasteiger partial charge on any atom is 0.139 e. The van der Waals surface area contributed by atoms with Crippen molar-refractivity contribution in [3.05, 3.63) is 6.07 Å². The van der Waals surface area contributed by atoms with Crippen molar-refractivity contribution in [2.75, 3.05) is 30.3 Å². The number of rotatable bonds is 2. The van der Waals surface area contributed by atoms with Crippen LogP contribution >= 0.6 is 11.5 Å². The van der Waals surface area contributed by atoms with E-state index in [0.717, 1.165) is 30.9 Å². The second-order valence-electron chi connectivity index (χ2n) is 3.73. The Labute approximate surface area is 87.5 Å². The van der Waals surface area contributed by atoms with Gasteiger partial charge in [-0.15, -0.1) is 0 Å². The highest BCUT2D eigenvalue weighted by Gasteiger charge is 2.20. The zero-order valence-electron chi connectivity index (χ0n) is 8.02. The molecule has 1 aliphatic heterocycles. The van der Waals surface area contributed by atoms with E-state index in [9.17, 15) is 0 Å². The predicted octanol–water partition coefficient (Wildman–Crippen LogP) is 0.934. The maximum atomic E-state index is 9.10. The van der Waals surface area contributed by atoms with Gasteiger partial charge < -0.3 is 15.7 Å². The lowest BCUT2D eigenvalue weighted by molar-refractivity contribution is 0.209. The van der Waals surface area contributed by atoms with Gasteiger partial charge in [-0.2, -0.15) is 4.37 Å². The van der Waals surface area contributed by atoms with Crippen LogP contribution < -0.4 is 10.6 Å². The Morgan fingerprint density at radius 1 is 1.71 bits per heavy atom. The van der Waals surface area contributed by atoms with E-state index >= 15 is 0 Å². The summed E-state index contributed by atoms with van der Waals surface area (Å²) in [4.78, 5) is 2.26. The summed E-state index contributed by atoms with van der Waals surface area (Å²) in [6.45, 7) is 2.26. The number of aromatic nitrogens is 1. The lowest BCUT2D eigenvalue weighted by atomic mass is 9.99. The van der Waals surface area contributed by atoms with Gasteiger partial charge in [0.15, 0.2) is 0 Å². The van der Waals surface area contributed by atoms with Crippen LogP contribution in [0.25, 0.3) is 0 Å². The van der Waals surface area contributed by atoms with Gasteiger partial charge in [-0.3, -0.25) is 0 Å². The average molecular weight is 213 g/mol. The van der Waals surface area contributed by atoms with E-state index in [1.807, 2.05) is 6.07 Å². The zero-order chi connectivity index (χ0) is 9.97. The average Bonchev–Trinajstić information content (AvgIpc) is 2.65. The van der Waals surface area contributed by atoms with Crippen molar-refractivity contribution in [2.24, 2.45) is 5.92 Å². The summed E-state index contributed by atoms with van der Waals surface area (Å²) < 4.78 is 4.06. The Morgan fingerprint density at radius 2 is 2.57 bits per heavy atom. The molecule has 14 heavy (non-hydrogen) atoms. The summed E-state index contributed by atoms with van der Waals surface area (Å²) in [5, 5.41) is 10.2. The molecule has 0 aliphatic carbocycles. The number of nitrogen functional groups attached to an aromatic ring is 1. The smallest absolute Gasteiger partial charge is 0.139 e. The third-order valence-electron chi connectivity index (χ3n) is 2.60. The van der Waals surface area contributed by atoms with Crippen LogP contribution in [-0.2, 0) is 0 Å². The van der Waals surface area contributed by atoms with Crippen LogP contribution in [0.3, 0.4) is 0 Å². The molecule has 4 nitrogen and oxygen atoms in total. The van der Waals surface area contributed by atoms with Crippen LogP contribution in [0.4, 0.5) is 10.8 Å². The molecule has 0 aromatic carbocycles. The molecule has 0 bridgehead atoms. The molecular formula is C9H15N3OS. The summed E-state index contributed by atoms with van der Waals surface area (Å²) in [5.41, 5.74) is 5.58. The Balaban J connectivity index is 2.04. The molecule has 0 radical (unpaired) electrons. The highest BCUT2D eigenvalue weighted by Crippen LogP contribution is 2.27. The van der Waals surface area contributed by atoms with Gasteiger partial charge in [-0.05, 0) is 30.3 Å². The number of aliphatic hydroxyl groups excluding tert-OH is 1. The molecule has 1 aromatic rings. The maximum absolute atomic E-state index is 9.10. The topological polar surface area (TPSA) is 62.4 Å². The monoisotopic (exact) mass is 213 g/mol. The van der Waals surface area contributed by atoms with Crippen molar-refractivity contribution < 1.29 is 5.11 Å². The van der Waals surface area contributed by atoms with E-state index in [1.54, 1.807) is 0 Å². The third-order valence-corrected chi connectivity index (χ3v) is 3.47. The number of aliphatic hydroxyl groups is 1. The molecule has 1 saturated heterocycles. The van der Waals surface area contributed by atoms with Crippen molar-refractivity contribution in [2.45, 2.75) is 12.8 Å². The molecule has 1 fully saturated rings. The lowest BCUT2D eigenvalue weighted by Crippen LogP contribution is -2.36. The highest BCUT2D eigenvalue weighted by atomic mass is 32.1. The lowest BCUT2D eigenvalue weighted by Gasteiger charge is -2.31. The Kier molecular flexibility index (Phi) is 2.88. The molecule has 78 valence electrons. The summed E-state index contributed by atoms with van der Waals surface area (Å²) >= 11 is 1.44. The molecule has 1 aliphatic rings. The summed E-state index contributed by atoms with van der Waals surface area (Å²) in [5.74, 6) is 1.00. The second kappa shape index (κ2) is 4.14. The van der Waals surface area contributed by atoms with Gasteiger partial charge in [-0.25, -0.2) is 0 Å². The molecular weight excluding hydrogens is 198 g/mol. The van der Waals surface area contributed by atoms with E-state index in [4.69, 9.17) is 10.8 Å². The summed E-state index contributed by atoms with van der Waals surface area (Å²) in [7, 11) is 0. The normalized spacial score (nSPS) is 22.6. The molecule has 5 heteroatoms. The summed E-state index contributed by atoms with van der Waals surface area (Å²) in [6.07, 6.45) is 2.27. The first-order valence-electron chi connectivity index (χ1n) is 4.87. The molecule has 0 saturated carbocycles. The minimum Gasteiger partial charge on any atom is -0.396 e. The van der Waals surface area contributed by atoms with E-state index < -0.39 is 0 Å². The van der Waals surface area contributed by atoms with Crippen molar-refractivity contribution in [1.29, 1.82) is 0 Å². The molecule has 0 amide bonds. The Bertz CT molecular complexity index is 302. The van der Waals surface area contributed by atoms with E-state index in [0.29, 0.717) is 11.7 Å². The minimum atomic E-state index is 0.283. The first kappa shape index (κ1) is 9.73. The van der Waals surface area contributed by atoms with Gasteiger partial charge in [0.05, 0.1) is 0 Å². The molecule has 1 aromatic heterocycles. The SMILES string of the molecule is Nc1cc(N2CCCC(CO)C2)sn1.